The van der Waals surface area contributed by atoms with Gasteiger partial charge in [0.25, 0.3) is 0 Å². The van der Waals surface area contributed by atoms with E-state index in [1.807, 2.05) is 22.8 Å². The fraction of sp³-hybridized carbons (Fsp3) is 0.346. The molecule has 1 atom stereocenters. The van der Waals surface area contributed by atoms with Crippen molar-refractivity contribution in [1.29, 1.82) is 0 Å². The summed E-state index contributed by atoms with van der Waals surface area (Å²) in [5.74, 6) is -0.222. The molecule has 0 spiro atoms. The fourth-order valence-electron chi connectivity index (χ4n) is 5.03. The fourth-order valence-corrected chi connectivity index (χ4v) is 6.14. The second-order valence-electron chi connectivity index (χ2n) is 9.00. The van der Waals surface area contributed by atoms with Gasteiger partial charge < -0.3 is 0 Å². The third-order valence-corrected chi connectivity index (χ3v) is 7.36. The zero-order valence-corrected chi connectivity index (χ0v) is 18.9. The Kier molecular flexibility index (Phi) is 5.49. The molecule has 3 nitrogen and oxygen atoms in total. The third-order valence-electron chi connectivity index (χ3n) is 6.33. The number of fused-ring (bicyclic) bond motifs is 2. The van der Waals surface area contributed by atoms with Crippen molar-refractivity contribution in [3.8, 4) is 5.69 Å². The molecule has 2 heterocycles. The summed E-state index contributed by atoms with van der Waals surface area (Å²) in [6, 6.07) is 17.5. The van der Waals surface area contributed by atoms with Crippen molar-refractivity contribution in [2.75, 3.05) is 13.1 Å². The first-order valence-electron chi connectivity index (χ1n) is 11.0. The molecule has 1 fully saturated rings. The van der Waals surface area contributed by atoms with Gasteiger partial charge in [-0.2, -0.15) is 5.10 Å². The van der Waals surface area contributed by atoms with Gasteiger partial charge >= 0.3 is 0 Å². The van der Waals surface area contributed by atoms with Crippen LogP contribution in [0.25, 0.3) is 11.8 Å². The smallest absolute Gasteiger partial charge is 0.123 e. The summed E-state index contributed by atoms with van der Waals surface area (Å²) < 4.78 is 18.0. The largest absolute Gasteiger partial charge is 0.249 e. The number of hydrogen-bond acceptors (Lipinski definition) is 3. The zero-order chi connectivity index (χ0) is 21.4. The lowest BCUT2D eigenvalue weighted by atomic mass is 9.66. The van der Waals surface area contributed by atoms with Crippen LogP contribution in [0.5, 0.6) is 0 Å². The Bertz CT molecular complexity index is 1090. The number of hydrogen-bond donors (Lipinski definition) is 0. The highest BCUT2D eigenvalue weighted by molar-refractivity contribution is 7.97. The van der Waals surface area contributed by atoms with Crippen molar-refractivity contribution >= 4 is 18.0 Å². The monoisotopic (exact) mass is 433 g/mol. The molecule has 5 heteroatoms. The van der Waals surface area contributed by atoms with E-state index >= 15 is 0 Å². The van der Waals surface area contributed by atoms with Gasteiger partial charge in [0.05, 0.1) is 17.6 Å². The SMILES string of the molecule is CC(C)SN1CCC2=Cc3c(cnn3-c3ccc(F)cc3)CC2(Cc2ccccc2)C1. The van der Waals surface area contributed by atoms with E-state index in [0.717, 1.165) is 43.7 Å². The highest BCUT2D eigenvalue weighted by atomic mass is 32.2. The first-order valence-corrected chi connectivity index (χ1v) is 11.9. The minimum Gasteiger partial charge on any atom is -0.249 e. The van der Waals surface area contributed by atoms with Crippen LogP contribution in [0.4, 0.5) is 4.39 Å². The maximum absolute atomic E-state index is 13.4. The molecule has 5 rings (SSSR count). The van der Waals surface area contributed by atoms with Crippen LogP contribution >= 0.6 is 11.9 Å². The molecule has 0 N–H and O–H groups in total. The summed E-state index contributed by atoms with van der Waals surface area (Å²) in [7, 11) is 0. The lowest BCUT2D eigenvalue weighted by molar-refractivity contribution is 0.221. The Hall–Kier alpha value is -2.37. The number of piperidine rings is 1. The average molecular weight is 434 g/mol. The second kappa shape index (κ2) is 8.29. The van der Waals surface area contributed by atoms with Gasteiger partial charge in [-0.25, -0.2) is 13.4 Å². The van der Waals surface area contributed by atoms with Gasteiger partial charge in [-0.3, -0.25) is 0 Å². The predicted molar refractivity (Wildman–Crippen MR) is 127 cm³/mol. The highest BCUT2D eigenvalue weighted by Crippen LogP contribution is 2.47. The van der Waals surface area contributed by atoms with Crippen LogP contribution < -0.4 is 0 Å². The standard InChI is InChI=1S/C26H28FN3S/c1-19(2)31-29-13-12-22-14-25-21(17-28-30(25)24-10-8-23(27)9-11-24)16-26(22,18-29)15-20-6-4-3-5-7-20/h3-11,14,17,19H,12-13,15-16,18H2,1-2H3. The molecule has 1 saturated heterocycles. The molecule has 3 aromatic rings. The molecule has 160 valence electrons. The third kappa shape index (κ3) is 4.09. The first-order chi connectivity index (χ1) is 15.0. The number of rotatable bonds is 5. The molecule has 1 aromatic heterocycles. The number of nitrogens with zero attached hydrogens (tertiary/aromatic N) is 3. The van der Waals surface area contributed by atoms with E-state index in [9.17, 15) is 4.39 Å². The van der Waals surface area contributed by atoms with Crippen LogP contribution in [0.2, 0.25) is 0 Å². The molecule has 0 amide bonds. The molecule has 1 aliphatic heterocycles. The lowest BCUT2D eigenvalue weighted by Gasteiger charge is -2.47. The molecule has 2 aliphatic rings. The summed E-state index contributed by atoms with van der Waals surface area (Å²) in [5.41, 5.74) is 6.33. The van der Waals surface area contributed by atoms with Crippen LogP contribution in [-0.4, -0.2) is 32.4 Å². The Morgan fingerprint density at radius 3 is 2.61 bits per heavy atom. The Morgan fingerprint density at radius 1 is 1.10 bits per heavy atom. The van der Waals surface area contributed by atoms with Gasteiger partial charge in [0.15, 0.2) is 0 Å². The molecule has 1 aliphatic carbocycles. The number of benzene rings is 2. The second-order valence-corrected chi connectivity index (χ2v) is 10.7. The van der Waals surface area contributed by atoms with Crippen molar-refractivity contribution in [2.24, 2.45) is 5.41 Å². The van der Waals surface area contributed by atoms with E-state index in [-0.39, 0.29) is 11.2 Å². The summed E-state index contributed by atoms with van der Waals surface area (Å²) in [6.07, 6.45) is 7.47. The normalized spacial score (nSPS) is 21.0. The van der Waals surface area contributed by atoms with Gasteiger partial charge in [0.1, 0.15) is 5.82 Å². The first kappa shape index (κ1) is 20.5. The molecule has 0 bridgehead atoms. The van der Waals surface area contributed by atoms with E-state index in [1.165, 1.54) is 28.8 Å². The molecular weight excluding hydrogens is 405 g/mol. The summed E-state index contributed by atoms with van der Waals surface area (Å²) >= 11 is 1.97. The van der Waals surface area contributed by atoms with E-state index in [0.29, 0.717) is 5.25 Å². The van der Waals surface area contributed by atoms with E-state index in [2.05, 4.69) is 54.6 Å². The van der Waals surface area contributed by atoms with Gasteiger partial charge in [-0.1, -0.05) is 61.7 Å². The molecular formula is C26H28FN3S. The van der Waals surface area contributed by atoms with Crippen LogP contribution in [0, 0.1) is 11.2 Å². The quantitative estimate of drug-likeness (QED) is 0.465. The Balaban J connectivity index is 1.53. The Morgan fingerprint density at radius 2 is 1.87 bits per heavy atom. The van der Waals surface area contributed by atoms with Crippen LogP contribution in [0.1, 0.15) is 37.1 Å². The average Bonchev–Trinajstić information content (AvgIpc) is 3.15. The van der Waals surface area contributed by atoms with Crippen molar-refractivity contribution in [3.05, 3.63) is 89.0 Å². The van der Waals surface area contributed by atoms with Crippen LogP contribution in [-0.2, 0) is 12.8 Å². The summed E-state index contributed by atoms with van der Waals surface area (Å²) in [4.78, 5) is 0. The number of aromatic nitrogens is 2. The molecule has 1 unspecified atom stereocenters. The molecule has 31 heavy (non-hydrogen) atoms. The van der Waals surface area contributed by atoms with Crippen molar-refractivity contribution in [3.63, 3.8) is 0 Å². The highest BCUT2D eigenvalue weighted by Gasteiger charge is 2.43. The van der Waals surface area contributed by atoms with Gasteiger partial charge in [0, 0.05) is 23.8 Å². The minimum absolute atomic E-state index is 0.0884. The minimum atomic E-state index is -0.222. The molecule has 2 aromatic carbocycles. The van der Waals surface area contributed by atoms with Gasteiger partial charge in [-0.05, 0) is 60.7 Å². The van der Waals surface area contributed by atoms with Crippen LogP contribution in [0.3, 0.4) is 0 Å². The van der Waals surface area contributed by atoms with Crippen molar-refractivity contribution in [1.82, 2.24) is 14.1 Å². The van der Waals surface area contributed by atoms with E-state index < -0.39 is 0 Å². The molecule has 0 radical (unpaired) electrons. The van der Waals surface area contributed by atoms with E-state index in [1.54, 1.807) is 12.1 Å². The van der Waals surface area contributed by atoms with Crippen LogP contribution in [0.15, 0.2) is 66.4 Å². The van der Waals surface area contributed by atoms with Gasteiger partial charge in [0.2, 0.25) is 0 Å². The summed E-state index contributed by atoms with van der Waals surface area (Å²) in [5, 5.41) is 5.28. The maximum Gasteiger partial charge on any atom is 0.123 e. The predicted octanol–water partition coefficient (Wildman–Crippen LogP) is 5.94. The van der Waals surface area contributed by atoms with Crippen molar-refractivity contribution in [2.45, 2.75) is 38.4 Å². The Labute approximate surface area is 188 Å². The maximum atomic E-state index is 13.4. The van der Waals surface area contributed by atoms with Gasteiger partial charge in [-0.15, -0.1) is 0 Å². The number of halogens is 1. The summed E-state index contributed by atoms with van der Waals surface area (Å²) in [6.45, 7) is 6.67. The molecule has 0 saturated carbocycles. The topological polar surface area (TPSA) is 21.1 Å². The lowest BCUT2D eigenvalue weighted by Crippen LogP contribution is -2.46. The zero-order valence-electron chi connectivity index (χ0n) is 18.1. The van der Waals surface area contributed by atoms with Crippen molar-refractivity contribution < 1.29 is 4.39 Å². The van der Waals surface area contributed by atoms with E-state index in [4.69, 9.17) is 5.10 Å².